The summed E-state index contributed by atoms with van der Waals surface area (Å²) < 4.78 is 27.1. The highest BCUT2D eigenvalue weighted by molar-refractivity contribution is 5.95. The molecule has 24 heteroatoms. The van der Waals surface area contributed by atoms with E-state index in [1.807, 2.05) is 0 Å². The van der Waals surface area contributed by atoms with Gasteiger partial charge in [0.2, 0.25) is 23.6 Å². The Bertz CT molecular complexity index is 2520. The fourth-order valence-electron chi connectivity index (χ4n) is 8.01. The van der Waals surface area contributed by atoms with E-state index in [4.69, 9.17) is 23.7 Å². The van der Waals surface area contributed by atoms with Gasteiger partial charge in [-0.15, -0.1) is 0 Å². The highest BCUT2D eigenvalue weighted by atomic mass is 16.6. The number of fused-ring (bicyclic) bond motifs is 5. The standard InChI is InChI=1S/C58H91N9O15/c1-54(2,3)78-49(73)59-27-17-22-39(63-52(76)81-57(10,11)12)34-62-45(69)40(23-18-28-60-50(74)79-55(4,5)6)64-47(71)42-31-35-20-16-21-36(30-35)37-25-26-44(68)38(32-37)33-43(67-53(77)82-58(13,14)15)48(72)65-41(46(70)66-42)24-19-29-61-51(75)80-56(7,8)9/h16,20-21,25-26,30,32,39-43,68H,17-19,22-24,27-29,31,33-34H2,1-15H3,(H,59,73)(H,60,74)(H,61,75)(H,62,69)(H,63,76)(H,64,71)(H,65,72)(H,66,70)(H,67,77)/t39-,40-,41-,42-,43-/m0/s1. The smallest absolute Gasteiger partial charge is 0.408 e. The lowest BCUT2D eigenvalue weighted by atomic mass is 9.95. The first-order valence-corrected chi connectivity index (χ1v) is 27.8. The van der Waals surface area contributed by atoms with Crippen molar-refractivity contribution in [2.45, 2.75) is 213 Å². The van der Waals surface area contributed by atoms with Crippen LogP contribution in [-0.2, 0) is 55.7 Å². The van der Waals surface area contributed by atoms with Crippen molar-refractivity contribution >= 4 is 54.1 Å². The van der Waals surface area contributed by atoms with Crippen molar-refractivity contribution in [3.05, 3.63) is 53.6 Å². The number of phenolic OH excluding ortho intramolecular Hbond substituents is 1. The third-order valence-electron chi connectivity index (χ3n) is 11.4. The molecular formula is C58H91N9O15. The maximum atomic E-state index is 14.9. The van der Waals surface area contributed by atoms with E-state index in [1.54, 1.807) is 140 Å². The van der Waals surface area contributed by atoms with Crippen molar-refractivity contribution < 1.29 is 71.9 Å². The van der Waals surface area contributed by atoms with Crippen LogP contribution in [0.15, 0.2) is 42.5 Å². The summed E-state index contributed by atoms with van der Waals surface area (Å²) in [5.41, 5.74) is -2.06. The second kappa shape index (κ2) is 30.5. The van der Waals surface area contributed by atoms with Crippen molar-refractivity contribution in [2.24, 2.45) is 0 Å². The van der Waals surface area contributed by atoms with E-state index in [0.29, 0.717) is 23.1 Å². The molecule has 0 saturated carbocycles. The molecule has 9 amide bonds. The van der Waals surface area contributed by atoms with Crippen molar-refractivity contribution in [3.63, 3.8) is 0 Å². The Kier molecular flexibility index (Phi) is 25.6. The molecule has 0 fully saturated rings. The minimum absolute atomic E-state index is 0.00220. The minimum Gasteiger partial charge on any atom is -0.508 e. The van der Waals surface area contributed by atoms with Crippen LogP contribution in [0.25, 0.3) is 11.1 Å². The lowest BCUT2D eigenvalue weighted by Gasteiger charge is -2.28. The fourth-order valence-corrected chi connectivity index (χ4v) is 8.01. The summed E-state index contributed by atoms with van der Waals surface area (Å²) in [6, 6.07) is 5.54. The molecule has 0 saturated heterocycles. The zero-order valence-corrected chi connectivity index (χ0v) is 50.6. The number of hydrogen-bond donors (Lipinski definition) is 10. The van der Waals surface area contributed by atoms with Gasteiger partial charge in [0.05, 0.1) is 0 Å². The van der Waals surface area contributed by atoms with Gasteiger partial charge in [0.25, 0.3) is 0 Å². The Morgan fingerprint density at radius 2 is 1.06 bits per heavy atom. The number of nitrogens with one attached hydrogen (secondary N) is 9. The molecule has 0 radical (unpaired) electrons. The molecule has 4 bridgehead atoms. The largest absolute Gasteiger partial charge is 0.508 e. The number of phenols is 1. The molecular weight excluding hydrogens is 1060 g/mol. The molecule has 0 aromatic heterocycles. The van der Waals surface area contributed by atoms with Crippen LogP contribution in [0.1, 0.15) is 154 Å². The molecule has 10 N–H and O–H groups in total. The first kappa shape index (κ1) is 68.7. The Hall–Kier alpha value is -7.53. The van der Waals surface area contributed by atoms with Crippen LogP contribution in [0.3, 0.4) is 0 Å². The van der Waals surface area contributed by atoms with Gasteiger partial charge in [0.1, 0.15) is 57.9 Å². The molecule has 2 aromatic carbocycles. The van der Waals surface area contributed by atoms with Crippen molar-refractivity contribution in [2.75, 3.05) is 26.2 Å². The molecule has 0 spiro atoms. The maximum Gasteiger partial charge on any atom is 0.408 e. The molecule has 1 heterocycles. The van der Waals surface area contributed by atoms with Gasteiger partial charge in [-0.3, -0.25) is 19.2 Å². The second-order valence-electron chi connectivity index (χ2n) is 25.1. The molecule has 1 aliphatic rings. The van der Waals surface area contributed by atoms with Gasteiger partial charge in [-0.25, -0.2) is 24.0 Å². The summed E-state index contributed by atoms with van der Waals surface area (Å²) in [6.07, 6.45) is -3.47. The Balaban J connectivity index is 2.09. The van der Waals surface area contributed by atoms with Crippen LogP contribution in [0.4, 0.5) is 24.0 Å². The molecule has 5 atom stereocenters. The number of hydrogen-bond acceptors (Lipinski definition) is 15. The monoisotopic (exact) mass is 1150 g/mol. The molecule has 3 rings (SSSR count). The third kappa shape index (κ3) is 28.3. The van der Waals surface area contributed by atoms with Crippen LogP contribution >= 0.6 is 0 Å². The van der Waals surface area contributed by atoms with Crippen molar-refractivity contribution in [3.8, 4) is 16.9 Å². The van der Waals surface area contributed by atoms with Gasteiger partial charge in [-0.1, -0.05) is 30.3 Å². The van der Waals surface area contributed by atoms with Gasteiger partial charge >= 0.3 is 30.5 Å². The number of carbonyl (C=O) groups excluding carboxylic acids is 9. The quantitative estimate of drug-likeness (QED) is 0.0535. The summed E-state index contributed by atoms with van der Waals surface area (Å²) in [7, 11) is 0. The highest BCUT2D eigenvalue weighted by Crippen LogP contribution is 2.29. The SMILES string of the molecule is CC(C)(C)OC(=O)NCCC[C@@H](CNC(=O)[C@H](CCCNC(=O)OC(C)(C)C)NC(=O)[C@@H]1Cc2cccc(c2)-c2ccc(O)c(c2)C[C@H](NC(=O)OC(C)(C)C)C(=O)N[C@@H](CCCNC(=O)OC(C)(C)C)C(=O)N1)NC(=O)OC(C)(C)C. The summed E-state index contributed by atoms with van der Waals surface area (Å²) in [5, 5.41) is 35.6. The summed E-state index contributed by atoms with van der Waals surface area (Å²) in [4.78, 5) is 122. The van der Waals surface area contributed by atoms with Gasteiger partial charge in [-0.2, -0.15) is 0 Å². The zero-order chi connectivity index (χ0) is 61.8. The van der Waals surface area contributed by atoms with Gasteiger partial charge in [0.15, 0.2) is 0 Å². The van der Waals surface area contributed by atoms with E-state index in [0.717, 1.165) is 0 Å². The molecule has 0 aliphatic carbocycles. The predicted molar refractivity (Wildman–Crippen MR) is 306 cm³/mol. The lowest BCUT2D eigenvalue weighted by molar-refractivity contribution is -0.134. The van der Waals surface area contributed by atoms with E-state index in [1.165, 1.54) is 6.07 Å². The number of alkyl carbamates (subject to hydrolysis) is 5. The van der Waals surface area contributed by atoms with Crippen LogP contribution in [0.2, 0.25) is 0 Å². The normalized spacial score (nSPS) is 16.8. The van der Waals surface area contributed by atoms with Crippen LogP contribution in [-0.4, -0.2) is 144 Å². The number of rotatable bonds is 19. The van der Waals surface area contributed by atoms with Crippen LogP contribution in [0.5, 0.6) is 5.75 Å². The van der Waals surface area contributed by atoms with E-state index < -0.39 is 112 Å². The minimum atomic E-state index is -1.42. The van der Waals surface area contributed by atoms with E-state index in [9.17, 15) is 48.3 Å². The Morgan fingerprint density at radius 3 is 1.61 bits per heavy atom. The molecule has 458 valence electrons. The average molecular weight is 1150 g/mol. The molecule has 82 heavy (non-hydrogen) atoms. The topological polar surface area (TPSA) is 328 Å². The molecule has 2 aromatic rings. The van der Waals surface area contributed by atoms with E-state index >= 15 is 0 Å². The van der Waals surface area contributed by atoms with E-state index in [-0.39, 0.29) is 82.4 Å². The predicted octanol–water partition coefficient (Wildman–Crippen LogP) is 6.43. The number of ether oxygens (including phenoxy) is 5. The van der Waals surface area contributed by atoms with Crippen molar-refractivity contribution in [1.82, 2.24) is 47.9 Å². The summed E-state index contributed by atoms with van der Waals surface area (Å²) in [5.74, 6) is -3.35. The van der Waals surface area contributed by atoms with Gasteiger partial charge < -0.3 is 76.6 Å². The highest BCUT2D eigenvalue weighted by Gasteiger charge is 2.34. The Labute approximate surface area is 482 Å². The first-order chi connectivity index (χ1) is 37.8. The molecule has 1 aliphatic heterocycles. The number of benzene rings is 2. The lowest BCUT2D eigenvalue weighted by Crippen LogP contribution is -2.59. The Morgan fingerprint density at radius 1 is 0.561 bits per heavy atom. The van der Waals surface area contributed by atoms with Crippen molar-refractivity contribution in [1.29, 1.82) is 0 Å². The third-order valence-corrected chi connectivity index (χ3v) is 11.4. The summed E-state index contributed by atoms with van der Waals surface area (Å²) >= 11 is 0. The number of carbonyl (C=O) groups is 9. The number of amides is 9. The summed E-state index contributed by atoms with van der Waals surface area (Å²) in [6.45, 7) is 25.4. The van der Waals surface area contributed by atoms with Crippen LogP contribution < -0.4 is 47.9 Å². The first-order valence-electron chi connectivity index (χ1n) is 27.8. The van der Waals surface area contributed by atoms with Crippen LogP contribution in [0, 0.1) is 0 Å². The zero-order valence-electron chi connectivity index (χ0n) is 50.6. The van der Waals surface area contributed by atoms with Gasteiger partial charge in [0, 0.05) is 45.1 Å². The molecule has 0 unspecified atom stereocenters. The molecule has 24 nitrogen and oxygen atoms in total. The van der Waals surface area contributed by atoms with E-state index in [2.05, 4.69) is 47.9 Å². The fraction of sp³-hybridized carbons (Fsp3) is 0.638. The van der Waals surface area contributed by atoms with Gasteiger partial charge in [-0.05, 0) is 177 Å². The number of aromatic hydroxyl groups is 1. The second-order valence-corrected chi connectivity index (χ2v) is 25.1. The maximum absolute atomic E-state index is 14.9. The average Bonchev–Trinajstić information content (AvgIpc) is 3.48.